The van der Waals surface area contributed by atoms with E-state index in [4.69, 9.17) is 16.3 Å². The second kappa shape index (κ2) is 6.63. The van der Waals surface area contributed by atoms with Gasteiger partial charge in [-0.05, 0) is 43.5 Å². The molecule has 0 aliphatic carbocycles. The number of nitrogens with zero attached hydrogens (tertiary/aromatic N) is 1. The maximum Gasteiger partial charge on any atom is 0.163 e. The molecule has 1 aliphatic rings. The molecule has 0 spiro atoms. The largest absolute Gasteiger partial charge is 0.476 e. The molecule has 21 heavy (non-hydrogen) atoms. The zero-order valence-electron chi connectivity index (χ0n) is 12.0. The van der Waals surface area contributed by atoms with Gasteiger partial charge in [-0.1, -0.05) is 30.3 Å². The van der Waals surface area contributed by atoms with Crippen molar-refractivity contribution in [1.82, 2.24) is 0 Å². The average molecular weight is 320 g/mol. The first-order valence-electron chi connectivity index (χ1n) is 7.14. The number of para-hydroxylation sites is 2. The second-order valence-corrected chi connectivity index (χ2v) is 6.52. The average Bonchev–Trinajstić information content (AvgIpc) is 2.53. The van der Waals surface area contributed by atoms with Crippen LogP contribution in [0.4, 0.5) is 11.4 Å². The Labute approximate surface area is 135 Å². The lowest BCUT2D eigenvalue weighted by molar-refractivity contribution is 0.273. The lowest BCUT2D eigenvalue weighted by atomic mass is 10.1. The third-order valence-corrected chi connectivity index (χ3v) is 4.89. The van der Waals surface area contributed by atoms with Crippen molar-refractivity contribution in [1.29, 1.82) is 0 Å². The van der Waals surface area contributed by atoms with Crippen LogP contribution in [0.25, 0.3) is 0 Å². The van der Waals surface area contributed by atoms with E-state index >= 15 is 0 Å². The third kappa shape index (κ3) is 3.14. The fourth-order valence-corrected chi connectivity index (χ4v) is 3.82. The highest BCUT2D eigenvalue weighted by atomic mass is 35.5. The quantitative estimate of drug-likeness (QED) is 0.544. The van der Waals surface area contributed by atoms with Crippen molar-refractivity contribution in [2.45, 2.75) is 25.2 Å². The molecule has 2 aromatic carbocycles. The van der Waals surface area contributed by atoms with E-state index in [-0.39, 0.29) is 5.44 Å². The summed E-state index contributed by atoms with van der Waals surface area (Å²) in [6.45, 7) is 2.12. The predicted molar refractivity (Wildman–Crippen MR) is 91.7 cm³/mol. The van der Waals surface area contributed by atoms with Crippen LogP contribution in [0.15, 0.2) is 48.5 Å². The van der Waals surface area contributed by atoms with E-state index in [0.29, 0.717) is 5.88 Å². The topological polar surface area (TPSA) is 12.5 Å². The second-order valence-electron chi connectivity index (χ2n) is 5.04. The number of hydrogen-bond acceptors (Lipinski definition) is 3. The van der Waals surface area contributed by atoms with E-state index in [9.17, 15) is 0 Å². The Morgan fingerprint density at radius 1 is 1.14 bits per heavy atom. The zero-order chi connectivity index (χ0) is 14.7. The van der Waals surface area contributed by atoms with Crippen molar-refractivity contribution >= 4 is 34.9 Å². The van der Waals surface area contributed by atoms with Crippen LogP contribution in [0.3, 0.4) is 0 Å². The molecule has 1 unspecified atom stereocenters. The molecule has 0 saturated carbocycles. The number of benzene rings is 2. The Morgan fingerprint density at radius 2 is 1.95 bits per heavy atom. The molecule has 1 aliphatic heterocycles. The standard InChI is InChI=1S/C17H18ClNOS/c1-13-7-5-10-15-17(13)19(14-8-3-2-4-9-14)21-16(20-15)11-6-12-18/h2-5,7-10,16H,6,11-12H2,1H3. The van der Waals surface area contributed by atoms with Crippen LogP contribution in [0.2, 0.25) is 0 Å². The van der Waals surface area contributed by atoms with Gasteiger partial charge < -0.3 is 4.74 Å². The maximum atomic E-state index is 6.13. The van der Waals surface area contributed by atoms with Crippen molar-refractivity contribution in [2.75, 3.05) is 10.2 Å². The fraction of sp³-hybridized carbons (Fsp3) is 0.294. The summed E-state index contributed by atoms with van der Waals surface area (Å²) in [6.07, 6.45) is 1.91. The normalized spacial score (nSPS) is 17.2. The molecule has 0 radical (unpaired) electrons. The molecule has 1 atom stereocenters. The van der Waals surface area contributed by atoms with Gasteiger partial charge in [-0.15, -0.1) is 11.6 Å². The molecule has 0 N–H and O–H groups in total. The van der Waals surface area contributed by atoms with Crippen molar-refractivity contribution in [2.24, 2.45) is 0 Å². The molecule has 1 heterocycles. The van der Waals surface area contributed by atoms with Crippen molar-refractivity contribution < 1.29 is 4.74 Å². The molecule has 0 bridgehead atoms. The van der Waals surface area contributed by atoms with Crippen molar-refractivity contribution in [3.8, 4) is 5.75 Å². The zero-order valence-corrected chi connectivity index (χ0v) is 13.5. The van der Waals surface area contributed by atoms with Crippen LogP contribution in [-0.4, -0.2) is 11.3 Å². The van der Waals surface area contributed by atoms with Gasteiger partial charge in [-0.2, -0.15) is 0 Å². The highest BCUT2D eigenvalue weighted by molar-refractivity contribution is 8.01. The summed E-state index contributed by atoms with van der Waals surface area (Å²) in [5.41, 5.74) is 3.66. The van der Waals surface area contributed by atoms with Gasteiger partial charge in [0.1, 0.15) is 5.75 Å². The lowest BCUT2D eigenvalue weighted by Crippen LogP contribution is -2.26. The van der Waals surface area contributed by atoms with E-state index in [0.717, 1.165) is 24.3 Å². The van der Waals surface area contributed by atoms with E-state index in [1.807, 2.05) is 18.2 Å². The van der Waals surface area contributed by atoms with Crippen LogP contribution in [-0.2, 0) is 0 Å². The van der Waals surface area contributed by atoms with Gasteiger partial charge in [0.15, 0.2) is 5.44 Å². The first-order chi connectivity index (χ1) is 10.3. The Balaban J connectivity index is 1.98. The summed E-state index contributed by atoms with van der Waals surface area (Å²) >= 11 is 7.56. The molecular weight excluding hydrogens is 302 g/mol. The Morgan fingerprint density at radius 3 is 2.71 bits per heavy atom. The number of alkyl halides is 1. The molecule has 0 aromatic heterocycles. The van der Waals surface area contributed by atoms with Crippen LogP contribution < -0.4 is 9.04 Å². The van der Waals surface area contributed by atoms with E-state index < -0.39 is 0 Å². The first kappa shape index (κ1) is 14.6. The monoisotopic (exact) mass is 319 g/mol. The van der Waals surface area contributed by atoms with Gasteiger partial charge in [0.05, 0.1) is 11.4 Å². The van der Waals surface area contributed by atoms with Crippen molar-refractivity contribution in [3.63, 3.8) is 0 Å². The summed E-state index contributed by atoms with van der Waals surface area (Å²) in [7, 11) is 0. The van der Waals surface area contributed by atoms with Crippen molar-refractivity contribution in [3.05, 3.63) is 54.1 Å². The molecule has 3 rings (SSSR count). The predicted octanol–water partition coefficient (Wildman–Crippen LogP) is 5.52. The first-order valence-corrected chi connectivity index (χ1v) is 8.51. The van der Waals surface area contributed by atoms with Gasteiger partial charge in [0.2, 0.25) is 0 Å². The van der Waals surface area contributed by atoms with Gasteiger partial charge >= 0.3 is 0 Å². The van der Waals surface area contributed by atoms with E-state index in [1.165, 1.54) is 11.3 Å². The summed E-state index contributed by atoms with van der Waals surface area (Å²) in [4.78, 5) is 0. The van der Waals surface area contributed by atoms with Gasteiger partial charge in [-0.3, -0.25) is 4.31 Å². The number of hydrogen-bond donors (Lipinski definition) is 0. The number of rotatable bonds is 4. The SMILES string of the molecule is Cc1cccc2c1N(c1ccccc1)SC(CCCCl)O2. The maximum absolute atomic E-state index is 6.13. The summed E-state index contributed by atoms with van der Waals surface area (Å²) in [6, 6.07) is 16.7. The molecule has 110 valence electrons. The third-order valence-electron chi connectivity index (χ3n) is 3.45. The van der Waals surface area contributed by atoms with Crippen LogP contribution in [0.1, 0.15) is 18.4 Å². The number of halogens is 1. The summed E-state index contributed by atoms with van der Waals surface area (Å²) < 4.78 is 8.41. The minimum absolute atomic E-state index is 0.109. The number of ether oxygens (including phenoxy) is 1. The molecular formula is C17H18ClNOS. The summed E-state index contributed by atoms with van der Waals surface area (Å²) in [5.74, 6) is 1.63. The van der Waals surface area contributed by atoms with Gasteiger partial charge in [0.25, 0.3) is 0 Å². The van der Waals surface area contributed by atoms with Gasteiger partial charge in [0, 0.05) is 17.8 Å². The number of aryl methyl sites for hydroxylation is 1. The highest BCUT2D eigenvalue weighted by Gasteiger charge is 2.28. The number of anilines is 2. The van der Waals surface area contributed by atoms with Crippen LogP contribution in [0, 0.1) is 6.92 Å². The molecule has 0 amide bonds. The minimum Gasteiger partial charge on any atom is -0.476 e. The Hall–Kier alpha value is -1.32. The molecule has 2 nitrogen and oxygen atoms in total. The van der Waals surface area contributed by atoms with Gasteiger partial charge in [-0.25, -0.2) is 0 Å². The summed E-state index contributed by atoms with van der Waals surface area (Å²) in [5, 5.41) is 0. The lowest BCUT2D eigenvalue weighted by Gasteiger charge is -2.36. The minimum atomic E-state index is 0.109. The molecule has 4 heteroatoms. The van der Waals surface area contributed by atoms with E-state index in [1.54, 1.807) is 11.9 Å². The molecule has 0 saturated heterocycles. The highest BCUT2D eigenvalue weighted by Crippen LogP contribution is 2.47. The van der Waals surface area contributed by atoms with E-state index in [2.05, 4.69) is 41.6 Å². The smallest absolute Gasteiger partial charge is 0.163 e. The Bertz CT molecular complexity index is 605. The molecule has 0 fully saturated rings. The number of fused-ring (bicyclic) bond motifs is 1. The van der Waals surface area contributed by atoms with Crippen LogP contribution >= 0.6 is 23.5 Å². The molecule has 2 aromatic rings. The Kier molecular flexibility index (Phi) is 4.61. The fourth-order valence-electron chi connectivity index (χ4n) is 2.43. The van der Waals surface area contributed by atoms with Crippen LogP contribution in [0.5, 0.6) is 5.75 Å².